The molecule has 0 fully saturated rings. The van der Waals surface area contributed by atoms with Crippen LogP contribution in [-0.2, 0) is 21.2 Å². The smallest absolute Gasteiger partial charge is 0.264 e. The zero-order valence-corrected chi connectivity index (χ0v) is 20.3. The van der Waals surface area contributed by atoms with Crippen LogP contribution in [0.4, 0.5) is 5.69 Å². The molecule has 1 aliphatic rings. The SMILES string of the molecule is CCc1ccc(OCCNC(=O)CN(c2ccc3c(c2)OCCO3)S(=O)(=O)c2ccccc2)cc1. The van der Waals surface area contributed by atoms with Crippen molar-refractivity contribution in [3.8, 4) is 17.2 Å². The number of ether oxygens (including phenoxy) is 3. The minimum absolute atomic E-state index is 0.0848. The molecule has 0 atom stereocenters. The van der Waals surface area contributed by atoms with Gasteiger partial charge in [-0.15, -0.1) is 0 Å². The molecule has 4 rings (SSSR count). The minimum atomic E-state index is -4.01. The Morgan fingerprint density at radius 1 is 0.971 bits per heavy atom. The van der Waals surface area contributed by atoms with Crippen LogP contribution in [0.3, 0.4) is 0 Å². The highest BCUT2D eigenvalue weighted by Crippen LogP contribution is 2.35. The molecule has 1 N–H and O–H groups in total. The maximum atomic E-state index is 13.5. The van der Waals surface area contributed by atoms with Gasteiger partial charge in [-0.3, -0.25) is 9.10 Å². The summed E-state index contributed by atoms with van der Waals surface area (Å²) in [5.41, 5.74) is 1.52. The summed E-state index contributed by atoms with van der Waals surface area (Å²) in [4.78, 5) is 12.8. The summed E-state index contributed by atoms with van der Waals surface area (Å²) in [6, 6.07) is 20.6. The first kappa shape index (κ1) is 24.4. The Kier molecular flexibility index (Phi) is 7.77. The van der Waals surface area contributed by atoms with E-state index < -0.39 is 22.5 Å². The summed E-state index contributed by atoms with van der Waals surface area (Å²) in [5, 5.41) is 2.74. The minimum Gasteiger partial charge on any atom is -0.492 e. The first-order chi connectivity index (χ1) is 17.0. The van der Waals surface area contributed by atoms with Gasteiger partial charge in [-0.2, -0.15) is 0 Å². The average Bonchev–Trinajstić information content (AvgIpc) is 2.90. The van der Waals surface area contributed by atoms with Crippen molar-refractivity contribution in [1.82, 2.24) is 5.32 Å². The molecule has 3 aromatic rings. The number of fused-ring (bicyclic) bond motifs is 1. The van der Waals surface area contributed by atoms with Gasteiger partial charge in [-0.1, -0.05) is 37.3 Å². The van der Waals surface area contributed by atoms with E-state index >= 15 is 0 Å². The van der Waals surface area contributed by atoms with Crippen LogP contribution in [0.5, 0.6) is 17.2 Å². The monoisotopic (exact) mass is 496 g/mol. The van der Waals surface area contributed by atoms with E-state index in [2.05, 4.69) is 12.2 Å². The van der Waals surface area contributed by atoms with E-state index in [0.29, 0.717) is 36.1 Å². The van der Waals surface area contributed by atoms with Crippen molar-refractivity contribution in [2.45, 2.75) is 18.2 Å². The number of rotatable bonds is 10. The van der Waals surface area contributed by atoms with Crippen molar-refractivity contribution in [1.29, 1.82) is 0 Å². The van der Waals surface area contributed by atoms with E-state index in [4.69, 9.17) is 14.2 Å². The molecule has 0 bridgehead atoms. The molecule has 1 aliphatic heterocycles. The maximum absolute atomic E-state index is 13.5. The van der Waals surface area contributed by atoms with E-state index in [0.717, 1.165) is 10.7 Å². The molecule has 0 saturated carbocycles. The Morgan fingerprint density at radius 3 is 2.40 bits per heavy atom. The van der Waals surface area contributed by atoms with Gasteiger partial charge in [0.15, 0.2) is 11.5 Å². The number of amides is 1. The number of nitrogens with zero attached hydrogens (tertiary/aromatic N) is 1. The number of anilines is 1. The highest BCUT2D eigenvalue weighted by molar-refractivity contribution is 7.92. The molecule has 0 aliphatic carbocycles. The second-order valence-electron chi connectivity index (χ2n) is 7.85. The van der Waals surface area contributed by atoms with Crippen molar-refractivity contribution < 1.29 is 27.4 Å². The molecular weight excluding hydrogens is 468 g/mol. The number of hydrogen-bond acceptors (Lipinski definition) is 6. The number of benzene rings is 3. The Labute approximate surface area is 205 Å². The molecule has 0 spiro atoms. The second-order valence-corrected chi connectivity index (χ2v) is 9.71. The van der Waals surface area contributed by atoms with Crippen molar-refractivity contribution >= 4 is 21.6 Å². The van der Waals surface area contributed by atoms with Crippen LogP contribution >= 0.6 is 0 Å². The summed E-state index contributed by atoms with van der Waals surface area (Å²) in [6.07, 6.45) is 0.947. The Bertz CT molecular complexity index is 1250. The van der Waals surface area contributed by atoms with E-state index in [9.17, 15) is 13.2 Å². The number of aryl methyl sites for hydroxylation is 1. The average molecular weight is 497 g/mol. The van der Waals surface area contributed by atoms with Gasteiger partial charge in [-0.25, -0.2) is 8.42 Å². The Hall–Kier alpha value is -3.72. The highest BCUT2D eigenvalue weighted by atomic mass is 32.2. The first-order valence-electron chi connectivity index (χ1n) is 11.4. The summed E-state index contributed by atoms with van der Waals surface area (Å²) in [7, 11) is -4.01. The van der Waals surface area contributed by atoms with Crippen LogP contribution < -0.4 is 23.8 Å². The lowest BCUT2D eigenvalue weighted by Gasteiger charge is -2.26. The van der Waals surface area contributed by atoms with E-state index in [1.807, 2.05) is 24.3 Å². The topological polar surface area (TPSA) is 94.2 Å². The lowest BCUT2D eigenvalue weighted by molar-refractivity contribution is -0.119. The third kappa shape index (κ3) is 6.05. The number of sulfonamides is 1. The van der Waals surface area contributed by atoms with Crippen LogP contribution in [0.15, 0.2) is 77.7 Å². The van der Waals surface area contributed by atoms with Gasteiger partial charge in [-0.05, 0) is 48.4 Å². The summed E-state index contributed by atoms with van der Waals surface area (Å²) >= 11 is 0. The molecular formula is C26H28N2O6S. The van der Waals surface area contributed by atoms with Crippen LogP contribution in [-0.4, -0.2) is 47.2 Å². The van der Waals surface area contributed by atoms with Crippen molar-refractivity contribution in [2.24, 2.45) is 0 Å². The number of hydrogen-bond donors (Lipinski definition) is 1. The van der Waals surface area contributed by atoms with Gasteiger partial charge in [0.25, 0.3) is 10.0 Å². The molecule has 184 valence electrons. The highest BCUT2D eigenvalue weighted by Gasteiger charge is 2.28. The van der Waals surface area contributed by atoms with Crippen molar-refractivity contribution in [3.05, 3.63) is 78.4 Å². The largest absolute Gasteiger partial charge is 0.492 e. The summed E-state index contributed by atoms with van der Waals surface area (Å²) in [5.74, 6) is 1.22. The molecule has 1 amide bonds. The molecule has 0 aromatic heterocycles. The van der Waals surface area contributed by atoms with Crippen molar-refractivity contribution in [2.75, 3.05) is 37.2 Å². The van der Waals surface area contributed by atoms with Crippen LogP contribution in [0.25, 0.3) is 0 Å². The molecule has 1 heterocycles. The fraction of sp³-hybridized carbons (Fsp3) is 0.269. The second kappa shape index (κ2) is 11.1. The first-order valence-corrected chi connectivity index (χ1v) is 12.9. The standard InChI is InChI=1S/C26H28N2O6S/c1-2-20-8-11-22(12-9-20)32-15-14-27-26(29)19-28(35(30,31)23-6-4-3-5-7-23)21-10-13-24-25(18-21)34-17-16-33-24/h3-13,18H,2,14-17,19H2,1H3,(H,27,29). The fourth-order valence-corrected chi connectivity index (χ4v) is 5.02. The quantitative estimate of drug-likeness (QED) is 0.433. The summed E-state index contributed by atoms with van der Waals surface area (Å²) < 4.78 is 44.8. The normalized spacial score (nSPS) is 12.6. The van der Waals surface area contributed by atoms with Gasteiger partial charge < -0.3 is 19.5 Å². The van der Waals surface area contributed by atoms with Crippen molar-refractivity contribution in [3.63, 3.8) is 0 Å². The predicted molar refractivity (Wildman–Crippen MR) is 133 cm³/mol. The predicted octanol–water partition coefficient (Wildman–Crippen LogP) is 3.41. The van der Waals surface area contributed by atoms with Crippen LogP contribution in [0, 0.1) is 0 Å². The van der Waals surface area contributed by atoms with Gasteiger partial charge in [0.05, 0.1) is 17.1 Å². The van der Waals surface area contributed by atoms with Gasteiger partial charge in [0.1, 0.15) is 32.1 Å². The Morgan fingerprint density at radius 2 is 1.69 bits per heavy atom. The summed E-state index contributed by atoms with van der Waals surface area (Å²) in [6.45, 7) is 2.95. The number of carbonyl (C=O) groups is 1. The van der Waals surface area contributed by atoms with Gasteiger partial charge in [0.2, 0.25) is 5.91 Å². The van der Waals surface area contributed by atoms with Crippen LogP contribution in [0.2, 0.25) is 0 Å². The molecule has 8 nitrogen and oxygen atoms in total. The lowest BCUT2D eigenvalue weighted by Crippen LogP contribution is -2.42. The molecule has 3 aromatic carbocycles. The zero-order valence-electron chi connectivity index (χ0n) is 19.5. The number of nitrogens with one attached hydrogen (secondary N) is 1. The van der Waals surface area contributed by atoms with Gasteiger partial charge >= 0.3 is 0 Å². The van der Waals surface area contributed by atoms with E-state index in [-0.39, 0.29) is 18.0 Å². The Balaban J connectivity index is 1.45. The number of carbonyl (C=O) groups excluding carboxylic acids is 1. The molecule has 0 unspecified atom stereocenters. The molecule has 0 saturated heterocycles. The molecule has 35 heavy (non-hydrogen) atoms. The molecule has 0 radical (unpaired) electrons. The zero-order chi connectivity index (χ0) is 24.7. The fourth-order valence-electron chi connectivity index (χ4n) is 3.59. The lowest BCUT2D eigenvalue weighted by atomic mass is 10.2. The van der Waals surface area contributed by atoms with Crippen LogP contribution in [0.1, 0.15) is 12.5 Å². The van der Waals surface area contributed by atoms with Gasteiger partial charge in [0, 0.05) is 6.07 Å². The van der Waals surface area contributed by atoms with E-state index in [1.54, 1.807) is 36.4 Å². The van der Waals surface area contributed by atoms with E-state index in [1.165, 1.54) is 17.7 Å². The molecule has 9 heteroatoms. The third-order valence-corrected chi connectivity index (χ3v) is 7.24. The third-order valence-electron chi connectivity index (χ3n) is 5.46. The maximum Gasteiger partial charge on any atom is 0.264 e.